The predicted molar refractivity (Wildman–Crippen MR) is 235 cm³/mol. The molecule has 0 aliphatic heterocycles. The summed E-state index contributed by atoms with van der Waals surface area (Å²) in [6.45, 7) is 0.0000794. The van der Waals surface area contributed by atoms with Crippen molar-refractivity contribution >= 4 is 116 Å². The molecule has 0 saturated carbocycles. The Kier molecular flexibility index (Phi) is 14.7. The van der Waals surface area contributed by atoms with Gasteiger partial charge < -0.3 is 9.84 Å². The maximum Gasteiger partial charge on any atom is 0.200 e. The summed E-state index contributed by atoms with van der Waals surface area (Å²) in [5, 5.41) is 19.8. The minimum absolute atomic E-state index is 0.0000794. The first-order valence-corrected chi connectivity index (χ1v) is 20.5. The molecule has 0 unspecified atom stereocenters. The van der Waals surface area contributed by atoms with E-state index in [4.69, 9.17) is 27.9 Å². The summed E-state index contributed by atoms with van der Waals surface area (Å²) in [7, 11) is 0. The van der Waals surface area contributed by atoms with Crippen molar-refractivity contribution in [2.24, 2.45) is 0 Å². The second-order valence-corrected chi connectivity index (χ2v) is 13.0. The second-order valence-electron chi connectivity index (χ2n) is 11.6. The maximum atomic E-state index is 12.3. The van der Waals surface area contributed by atoms with E-state index in [1.165, 1.54) is 0 Å². The molecule has 0 bridgehead atoms. The molecule has 0 atom stereocenters. The molecule has 8 aromatic carbocycles. The molecule has 8 rings (SSSR count). The van der Waals surface area contributed by atoms with Gasteiger partial charge in [0.05, 0.1) is 5.33 Å². The molecule has 0 amide bonds. The molecule has 0 fully saturated rings. The zero-order valence-corrected chi connectivity index (χ0v) is 33.9. The summed E-state index contributed by atoms with van der Waals surface area (Å²) in [6, 6.07) is 49.5. The number of hydrogen-bond acceptors (Lipinski definition) is 4. The van der Waals surface area contributed by atoms with Crippen LogP contribution in [0.25, 0.3) is 43.1 Å². The van der Waals surface area contributed by atoms with E-state index >= 15 is 0 Å². The lowest BCUT2D eigenvalue weighted by atomic mass is 10.0. The van der Waals surface area contributed by atoms with Crippen LogP contribution in [0.4, 0.5) is 0 Å². The average Bonchev–Trinajstić information content (AvgIpc) is 3.21. The number of phenols is 1. The molecule has 0 aromatic heterocycles. The van der Waals surface area contributed by atoms with Gasteiger partial charge in [-0.05, 0) is 73.6 Å². The molecular formula is C45H34BrCl2IO4. The number of rotatable bonds is 6. The van der Waals surface area contributed by atoms with Gasteiger partial charge in [0.25, 0.3) is 0 Å². The Morgan fingerprint density at radius 3 is 1.51 bits per heavy atom. The second kappa shape index (κ2) is 19.6. The number of Topliss-reactive ketones (excluding diaryl/α,β-unsaturated/α-hetero) is 2. The number of ketones is 2. The third-order valence-corrected chi connectivity index (χ3v) is 9.23. The quantitative estimate of drug-likeness (QED) is 0.0781. The zero-order valence-electron chi connectivity index (χ0n) is 28.6. The summed E-state index contributed by atoms with van der Waals surface area (Å²) in [6.07, 6.45) is 0. The highest BCUT2D eigenvalue weighted by atomic mass is 127. The Morgan fingerprint density at radius 2 is 0.981 bits per heavy atom. The SMILES string of the molecule is CI.O=C(CBr)c1ccccc1.O=C(COc1cc2cc(Cl)ccc2c2ccccc12)c1ccccc1.Oc1cc2cc(Cl)ccc2c2ccccc12. The lowest BCUT2D eigenvalue weighted by Crippen LogP contribution is -2.11. The molecule has 53 heavy (non-hydrogen) atoms. The van der Waals surface area contributed by atoms with Crippen LogP contribution in [0.2, 0.25) is 10.0 Å². The van der Waals surface area contributed by atoms with Crippen LogP contribution < -0.4 is 4.74 Å². The van der Waals surface area contributed by atoms with Crippen molar-refractivity contribution < 1.29 is 19.4 Å². The molecule has 8 heteroatoms. The first-order chi connectivity index (χ1) is 25.8. The fraction of sp³-hybridized carbons (Fsp3) is 0.0667. The van der Waals surface area contributed by atoms with Gasteiger partial charge in [-0.2, -0.15) is 0 Å². The van der Waals surface area contributed by atoms with E-state index in [1.807, 2.05) is 138 Å². The van der Waals surface area contributed by atoms with Crippen molar-refractivity contribution in [3.05, 3.63) is 179 Å². The molecule has 0 spiro atoms. The number of halogens is 4. The van der Waals surface area contributed by atoms with Crippen LogP contribution in [0.5, 0.6) is 11.5 Å². The fourth-order valence-corrected chi connectivity index (χ4v) is 6.47. The van der Waals surface area contributed by atoms with Crippen LogP contribution in [0.3, 0.4) is 0 Å². The highest BCUT2D eigenvalue weighted by molar-refractivity contribution is 14.1. The van der Waals surface area contributed by atoms with E-state index < -0.39 is 0 Å². The van der Waals surface area contributed by atoms with Gasteiger partial charge in [0.15, 0.2) is 18.2 Å². The van der Waals surface area contributed by atoms with Crippen molar-refractivity contribution in [3.8, 4) is 11.5 Å². The number of fused-ring (bicyclic) bond motifs is 6. The minimum Gasteiger partial charge on any atom is -0.507 e. The molecular weight excluding hydrogens is 882 g/mol. The molecule has 0 heterocycles. The minimum atomic E-state index is -0.0455. The lowest BCUT2D eigenvalue weighted by Gasteiger charge is -2.12. The molecule has 0 radical (unpaired) electrons. The molecule has 0 aliphatic rings. The summed E-state index contributed by atoms with van der Waals surface area (Å²) in [5.41, 5.74) is 1.41. The summed E-state index contributed by atoms with van der Waals surface area (Å²) in [5.74, 6) is 1.07. The van der Waals surface area contributed by atoms with Crippen molar-refractivity contribution in [1.82, 2.24) is 0 Å². The number of alkyl halides is 2. The van der Waals surface area contributed by atoms with Crippen LogP contribution >= 0.6 is 61.7 Å². The van der Waals surface area contributed by atoms with Gasteiger partial charge in [-0.15, -0.1) is 0 Å². The highest BCUT2D eigenvalue weighted by Crippen LogP contribution is 2.35. The maximum absolute atomic E-state index is 12.3. The summed E-state index contributed by atoms with van der Waals surface area (Å²) < 4.78 is 5.89. The van der Waals surface area contributed by atoms with Crippen molar-refractivity contribution in [2.45, 2.75) is 0 Å². The number of carbonyl (C=O) groups is 2. The Bertz CT molecular complexity index is 2490. The van der Waals surface area contributed by atoms with E-state index in [0.29, 0.717) is 32.4 Å². The average molecular weight is 916 g/mol. The predicted octanol–water partition coefficient (Wildman–Crippen LogP) is 13.6. The first-order valence-electron chi connectivity index (χ1n) is 16.5. The van der Waals surface area contributed by atoms with E-state index in [-0.39, 0.29) is 18.2 Å². The number of aromatic hydroxyl groups is 1. The van der Waals surface area contributed by atoms with E-state index in [2.05, 4.69) is 44.6 Å². The van der Waals surface area contributed by atoms with Crippen molar-refractivity contribution in [3.63, 3.8) is 0 Å². The molecule has 0 aliphatic carbocycles. The number of carbonyl (C=O) groups excluding carboxylic acids is 2. The van der Waals surface area contributed by atoms with Crippen LogP contribution in [-0.2, 0) is 0 Å². The van der Waals surface area contributed by atoms with Crippen molar-refractivity contribution in [2.75, 3.05) is 16.9 Å². The molecule has 0 saturated heterocycles. The van der Waals surface area contributed by atoms with Crippen LogP contribution in [0.15, 0.2) is 158 Å². The number of hydrogen-bond donors (Lipinski definition) is 1. The fourth-order valence-electron chi connectivity index (χ4n) is 5.79. The van der Waals surface area contributed by atoms with Crippen LogP contribution in [0, 0.1) is 0 Å². The normalized spacial score (nSPS) is 10.4. The van der Waals surface area contributed by atoms with Gasteiger partial charge in [-0.1, -0.05) is 183 Å². The Morgan fingerprint density at radius 1 is 0.547 bits per heavy atom. The summed E-state index contributed by atoms with van der Waals surface area (Å²) >= 11 is 17.3. The van der Waals surface area contributed by atoms with Crippen LogP contribution in [0.1, 0.15) is 20.7 Å². The smallest absolute Gasteiger partial charge is 0.200 e. The highest BCUT2D eigenvalue weighted by Gasteiger charge is 2.11. The third kappa shape index (κ3) is 10.1. The van der Waals surface area contributed by atoms with Gasteiger partial charge in [0.1, 0.15) is 11.5 Å². The topological polar surface area (TPSA) is 63.6 Å². The Hall–Kier alpha value is -4.47. The standard InChI is InChI=1S/C22H15ClO2.C14H9ClO.C8H7BrO.CH3I/c23-17-10-11-18-16(12-17)13-22(20-9-5-4-8-19(18)20)25-14-21(24)15-6-2-1-3-7-15;15-10-5-6-11-9(7-10)8-14(16)13-4-2-1-3-12(11)13;9-6-8(10)7-4-2-1-3-5-7;1-2/h1-13H,14H2;1-8,16H;1-5H,6H2;1H3. The molecule has 4 nitrogen and oxygen atoms in total. The zero-order chi connectivity index (χ0) is 37.7. The molecule has 1 N–H and O–H groups in total. The lowest BCUT2D eigenvalue weighted by molar-refractivity contribution is 0.0922. The van der Waals surface area contributed by atoms with Gasteiger partial charge in [0.2, 0.25) is 0 Å². The number of ether oxygens (including phenoxy) is 1. The number of benzene rings is 8. The molecule has 8 aromatic rings. The van der Waals surface area contributed by atoms with Gasteiger partial charge in [0, 0.05) is 31.9 Å². The Balaban J connectivity index is 0.000000165. The van der Waals surface area contributed by atoms with Gasteiger partial charge in [-0.25, -0.2) is 0 Å². The summed E-state index contributed by atoms with van der Waals surface area (Å²) in [4.78, 5) is 25.3. The molecule has 266 valence electrons. The third-order valence-electron chi connectivity index (χ3n) is 8.25. The Labute approximate surface area is 340 Å². The van der Waals surface area contributed by atoms with E-state index in [0.717, 1.165) is 48.7 Å². The monoisotopic (exact) mass is 914 g/mol. The van der Waals surface area contributed by atoms with E-state index in [9.17, 15) is 14.7 Å². The van der Waals surface area contributed by atoms with Crippen molar-refractivity contribution in [1.29, 1.82) is 0 Å². The largest absolute Gasteiger partial charge is 0.507 e. The number of phenolic OH excluding ortho intramolecular Hbond substituents is 1. The van der Waals surface area contributed by atoms with E-state index in [1.54, 1.807) is 18.2 Å². The van der Waals surface area contributed by atoms with Gasteiger partial charge in [-0.3, -0.25) is 9.59 Å². The first kappa shape index (κ1) is 39.7. The van der Waals surface area contributed by atoms with Crippen LogP contribution in [-0.4, -0.2) is 33.5 Å². The van der Waals surface area contributed by atoms with Gasteiger partial charge >= 0.3 is 0 Å².